The van der Waals surface area contributed by atoms with E-state index in [2.05, 4.69) is 10.6 Å². The number of hydrogen-bond donors (Lipinski definition) is 3. The van der Waals surface area contributed by atoms with Gasteiger partial charge in [-0.15, -0.1) is 0 Å². The molecule has 1 aliphatic rings. The van der Waals surface area contributed by atoms with E-state index >= 15 is 0 Å². The molecule has 1 rings (SSSR count). The topological polar surface area (TPSA) is 84.2 Å². The third-order valence-electron chi connectivity index (χ3n) is 2.30. The summed E-state index contributed by atoms with van der Waals surface area (Å²) >= 11 is 0. The average Bonchev–Trinajstić information content (AvgIpc) is 2.98. The lowest BCUT2D eigenvalue weighted by molar-refractivity contribution is -0.128. The fraction of sp³-hybridized carbons (Fsp3) is 0.800. The first kappa shape index (κ1) is 12.0. The maximum Gasteiger partial charge on any atom is 0.242 e. The molecular formula is C10H19N3O2. The second-order valence-electron chi connectivity index (χ2n) is 3.96. The first-order valence-electron chi connectivity index (χ1n) is 5.43. The van der Waals surface area contributed by atoms with E-state index in [0.29, 0.717) is 25.4 Å². The highest BCUT2D eigenvalue weighted by atomic mass is 16.2. The maximum atomic E-state index is 11.5. The van der Waals surface area contributed by atoms with E-state index in [9.17, 15) is 9.59 Å². The van der Waals surface area contributed by atoms with E-state index in [1.165, 1.54) is 0 Å². The summed E-state index contributed by atoms with van der Waals surface area (Å²) < 4.78 is 0. The molecule has 1 fully saturated rings. The Labute approximate surface area is 89.8 Å². The maximum absolute atomic E-state index is 11.5. The largest absolute Gasteiger partial charge is 0.352 e. The van der Waals surface area contributed by atoms with Crippen LogP contribution in [0.15, 0.2) is 0 Å². The van der Waals surface area contributed by atoms with Crippen LogP contribution in [0.3, 0.4) is 0 Å². The highest BCUT2D eigenvalue weighted by Crippen LogP contribution is 2.18. The molecule has 0 aliphatic heterocycles. The van der Waals surface area contributed by atoms with Crippen LogP contribution < -0.4 is 16.4 Å². The van der Waals surface area contributed by atoms with Gasteiger partial charge in [-0.3, -0.25) is 9.59 Å². The molecule has 15 heavy (non-hydrogen) atoms. The van der Waals surface area contributed by atoms with Gasteiger partial charge >= 0.3 is 0 Å². The quantitative estimate of drug-likeness (QED) is 0.556. The van der Waals surface area contributed by atoms with Gasteiger partial charge in [0.1, 0.15) is 6.04 Å². The summed E-state index contributed by atoms with van der Waals surface area (Å²) in [6, 6.07) is -0.114. The normalized spacial score (nSPS) is 16.9. The standard InChI is InChI=1S/C10H19N3O2/c1-7(10(15)13-8-4-5-8)12-9(14)3-2-6-11/h7-8H,2-6,11H2,1H3,(H,12,14)(H,13,15). The van der Waals surface area contributed by atoms with Crippen molar-refractivity contribution in [2.75, 3.05) is 6.54 Å². The van der Waals surface area contributed by atoms with Crippen LogP contribution in [0.4, 0.5) is 0 Å². The summed E-state index contributed by atoms with van der Waals surface area (Å²) in [5.74, 6) is -0.211. The molecule has 0 spiro atoms. The van der Waals surface area contributed by atoms with Crippen LogP contribution >= 0.6 is 0 Å². The molecule has 0 radical (unpaired) electrons. The molecule has 0 saturated heterocycles. The van der Waals surface area contributed by atoms with Crippen LogP contribution in [-0.4, -0.2) is 30.4 Å². The monoisotopic (exact) mass is 213 g/mol. The zero-order valence-corrected chi connectivity index (χ0v) is 9.08. The van der Waals surface area contributed by atoms with E-state index < -0.39 is 6.04 Å². The second-order valence-corrected chi connectivity index (χ2v) is 3.96. The Morgan fingerprint density at radius 3 is 2.67 bits per heavy atom. The molecule has 1 atom stereocenters. The summed E-state index contributed by atoms with van der Waals surface area (Å²) in [5.41, 5.74) is 5.28. The fourth-order valence-corrected chi connectivity index (χ4v) is 1.20. The van der Waals surface area contributed by atoms with Crippen molar-refractivity contribution in [2.45, 2.75) is 44.7 Å². The molecule has 0 aromatic rings. The van der Waals surface area contributed by atoms with Crippen LogP contribution in [0, 0.1) is 0 Å². The van der Waals surface area contributed by atoms with Gasteiger partial charge in [0.2, 0.25) is 11.8 Å². The number of rotatable bonds is 6. The van der Waals surface area contributed by atoms with Gasteiger partial charge < -0.3 is 16.4 Å². The van der Waals surface area contributed by atoms with Gasteiger partial charge in [-0.25, -0.2) is 0 Å². The Hall–Kier alpha value is -1.10. The third-order valence-corrected chi connectivity index (χ3v) is 2.30. The zero-order chi connectivity index (χ0) is 11.3. The minimum absolute atomic E-state index is 0.0985. The second kappa shape index (κ2) is 5.70. The molecule has 0 heterocycles. The highest BCUT2D eigenvalue weighted by molar-refractivity contribution is 5.87. The summed E-state index contributed by atoms with van der Waals surface area (Å²) in [4.78, 5) is 22.7. The smallest absolute Gasteiger partial charge is 0.242 e. The Bertz CT molecular complexity index is 239. The third kappa shape index (κ3) is 4.78. The SMILES string of the molecule is CC(NC(=O)CCCN)C(=O)NC1CC1. The van der Waals surface area contributed by atoms with Crippen molar-refractivity contribution in [1.82, 2.24) is 10.6 Å². The van der Waals surface area contributed by atoms with Crippen molar-refractivity contribution in [2.24, 2.45) is 5.73 Å². The molecule has 4 N–H and O–H groups in total. The Balaban J connectivity index is 2.17. The average molecular weight is 213 g/mol. The van der Waals surface area contributed by atoms with Crippen LogP contribution in [0.5, 0.6) is 0 Å². The molecule has 0 aromatic carbocycles. The number of carbonyl (C=O) groups is 2. The van der Waals surface area contributed by atoms with Gasteiger partial charge in [-0.2, -0.15) is 0 Å². The zero-order valence-electron chi connectivity index (χ0n) is 9.08. The highest BCUT2D eigenvalue weighted by Gasteiger charge is 2.25. The summed E-state index contributed by atoms with van der Waals surface area (Å²) in [5, 5.41) is 5.48. The van der Waals surface area contributed by atoms with Crippen LogP contribution in [-0.2, 0) is 9.59 Å². The van der Waals surface area contributed by atoms with Gasteiger partial charge in [-0.05, 0) is 32.7 Å². The number of carbonyl (C=O) groups excluding carboxylic acids is 2. The van der Waals surface area contributed by atoms with E-state index in [0.717, 1.165) is 12.8 Å². The van der Waals surface area contributed by atoms with Crippen molar-refractivity contribution in [3.63, 3.8) is 0 Å². The summed E-state index contributed by atoms with van der Waals surface area (Å²) in [7, 11) is 0. The summed E-state index contributed by atoms with van der Waals surface area (Å²) in [6.07, 6.45) is 3.15. The molecule has 2 amide bonds. The van der Waals surface area contributed by atoms with Gasteiger partial charge in [0, 0.05) is 12.5 Å². The minimum Gasteiger partial charge on any atom is -0.352 e. The van der Waals surface area contributed by atoms with Crippen molar-refractivity contribution in [3.8, 4) is 0 Å². The molecular weight excluding hydrogens is 194 g/mol. The first-order chi connectivity index (χ1) is 7.13. The van der Waals surface area contributed by atoms with E-state index in [-0.39, 0.29) is 11.8 Å². The predicted octanol–water partition coefficient (Wildman–Crippen LogP) is -0.491. The number of nitrogens with one attached hydrogen (secondary N) is 2. The molecule has 1 aliphatic carbocycles. The number of amides is 2. The minimum atomic E-state index is -0.448. The van der Waals surface area contributed by atoms with Crippen molar-refractivity contribution >= 4 is 11.8 Å². The first-order valence-corrected chi connectivity index (χ1v) is 5.43. The van der Waals surface area contributed by atoms with E-state index in [1.54, 1.807) is 6.92 Å². The Kier molecular flexibility index (Phi) is 4.55. The lowest BCUT2D eigenvalue weighted by Gasteiger charge is -2.13. The predicted molar refractivity (Wildman–Crippen MR) is 57.1 cm³/mol. The van der Waals surface area contributed by atoms with Crippen molar-refractivity contribution in [1.29, 1.82) is 0 Å². The Morgan fingerprint density at radius 1 is 1.47 bits per heavy atom. The molecule has 1 saturated carbocycles. The molecule has 5 nitrogen and oxygen atoms in total. The van der Waals surface area contributed by atoms with Crippen LogP contribution in [0.1, 0.15) is 32.6 Å². The van der Waals surface area contributed by atoms with Crippen LogP contribution in [0.25, 0.3) is 0 Å². The van der Waals surface area contributed by atoms with Gasteiger partial charge in [0.15, 0.2) is 0 Å². The van der Waals surface area contributed by atoms with Gasteiger partial charge in [-0.1, -0.05) is 0 Å². The number of hydrogen-bond acceptors (Lipinski definition) is 3. The number of nitrogens with two attached hydrogens (primary N) is 1. The molecule has 0 aromatic heterocycles. The lowest BCUT2D eigenvalue weighted by Crippen LogP contribution is -2.45. The van der Waals surface area contributed by atoms with Gasteiger partial charge in [0.05, 0.1) is 0 Å². The van der Waals surface area contributed by atoms with Gasteiger partial charge in [0.25, 0.3) is 0 Å². The summed E-state index contributed by atoms with van der Waals surface area (Å²) in [6.45, 7) is 2.19. The Morgan fingerprint density at radius 2 is 2.13 bits per heavy atom. The van der Waals surface area contributed by atoms with E-state index in [1.807, 2.05) is 0 Å². The molecule has 5 heteroatoms. The fourth-order valence-electron chi connectivity index (χ4n) is 1.20. The molecule has 0 bridgehead atoms. The van der Waals surface area contributed by atoms with E-state index in [4.69, 9.17) is 5.73 Å². The van der Waals surface area contributed by atoms with Crippen LogP contribution in [0.2, 0.25) is 0 Å². The van der Waals surface area contributed by atoms with Crippen molar-refractivity contribution < 1.29 is 9.59 Å². The lowest BCUT2D eigenvalue weighted by atomic mass is 10.2. The molecule has 86 valence electrons. The van der Waals surface area contributed by atoms with Crippen molar-refractivity contribution in [3.05, 3.63) is 0 Å². The molecule has 1 unspecified atom stereocenters.